The van der Waals surface area contributed by atoms with Gasteiger partial charge in [-0.2, -0.15) is 0 Å². The van der Waals surface area contributed by atoms with Gasteiger partial charge in [-0.25, -0.2) is 4.98 Å². The molecule has 0 saturated carbocycles. The Morgan fingerprint density at radius 1 is 1.22 bits per heavy atom. The standard InChI is InChI=1S/C15H16N2O/c1-11-5-7-14-13(10-11)16-15(17(14)2)8-6-12-4-3-9-18-12/h3-5,7,9-10H,6,8H2,1-2H3. The van der Waals surface area contributed by atoms with Crippen molar-refractivity contribution >= 4 is 11.0 Å². The third kappa shape index (κ3) is 1.92. The summed E-state index contributed by atoms with van der Waals surface area (Å²) in [5.41, 5.74) is 3.51. The molecule has 3 nitrogen and oxygen atoms in total. The van der Waals surface area contributed by atoms with Gasteiger partial charge in [-0.3, -0.25) is 0 Å². The van der Waals surface area contributed by atoms with E-state index in [0.29, 0.717) is 0 Å². The van der Waals surface area contributed by atoms with Crippen LogP contribution in [0.3, 0.4) is 0 Å². The van der Waals surface area contributed by atoms with Crippen LogP contribution >= 0.6 is 0 Å². The van der Waals surface area contributed by atoms with Crippen molar-refractivity contribution in [3.63, 3.8) is 0 Å². The first-order valence-corrected chi connectivity index (χ1v) is 6.18. The Balaban J connectivity index is 1.90. The van der Waals surface area contributed by atoms with Crippen LogP contribution in [-0.4, -0.2) is 9.55 Å². The third-order valence-corrected chi connectivity index (χ3v) is 3.30. The van der Waals surface area contributed by atoms with Crippen molar-refractivity contribution in [2.75, 3.05) is 0 Å². The average molecular weight is 240 g/mol. The zero-order valence-electron chi connectivity index (χ0n) is 10.7. The van der Waals surface area contributed by atoms with E-state index >= 15 is 0 Å². The highest BCUT2D eigenvalue weighted by atomic mass is 16.3. The number of hydrogen-bond donors (Lipinski definition) is 0. The molecular formula is C15H16N2O. The number of nitrogens with zero attached hydrogens (tertiary/aromatic N) is 2. The number of rotatable bonds is 3. The topological polar surface area (TPSA) is 31.0 Å². The molecular weight excluding hydrogens is 224 g/mol. The molecule has 18 heavy (non-hydrogen) atoms. The summed E-state index contributed by atoms with van der Waals surface area (Å²) in [7, 11) is 2.07. The lowest BCUT2D eigenvalue weighted by Gasteiger charge is -2.00. The van der Waals surface area contributed by atoms with Crippen molar-refractivity contribution in [3.05, 3.63) is 53.7 Å². The Morgan fingerprint density at radius 3 is 2.89 bits per heavy atom. The van der Waals surface area contributed by atoms with Gasteiger partial charge in [0.25, 0.3) is 0 Å². The molecule has 0 saturated heterocycles. The Hall–Kier alpha value is -2.03. The molecule has 0 amide bonds. The molecule has 92 valence electrons. The summed E-state index contributed by atoms with van der Waals surface area (Å²) in [6.07, 6.45) is 3.51. The van der Waals surface area contributed by atoms with E-state index in [1.54, 1.807) is 6.26 Å². The van der Waals surface area contributed by atoms with Gasteiger partial charge in [0.05, 0.1) is 17.3 Å². The summed E-state index contributed by atoms with van der Waals surface area (Å²) in [6.45, 7) is 2.09. The van der Waals surface area contributed by atoms with Crippen molar-refractivity contribution in [2.24, 2.45) is 7.05 Å². The zero-order valence-corrected chi connectivity index (χ0v) is 10.7. The number of imidazole rings is 1. The number of aromatic nitrogens is 2. The average Bonchev–Trinajstić information content (AvgIpc) is 2.95. The van der Waals surface area contributed by atoms with Crippen LogP contribution in [0.4, 0.5) is 0 Å². The predicted octanol–water partition coefficient (Wildman–Crippen LogP) is 3.26. The van der Waals surface area contributed by atoms with Crippen molar-refractivity contribution < 1.29 is 4.42 Å². The second kappa shape index (κ2) is 4.33. The highest BCUT2D eigenvalue weighted by molar-refractivity contribution is 5.76. The maximum atomic E-state index is 5.35. The highest BCUT2D eigenvalue weighted by Crippen LogP contribution is 2.17. The van der Waals surface area contributed by atoms with Crippen LogP contribution < -0.4 is 0 Å². The van der Waals surface area contributed by atoms with E-state index in [0.717, 1.165) is 29.9 Å². The van der Waals surface area contributed by atoms with Crippen LogP contribution in [0.15, 0.2) is 41.0 Å². The van der Waals surface area contributed by atoms with Gasteiger partial charge in [0, 0.05) is 19.9 Å². The summed E-state index contributed by atoms with van der Waals surface area (Å²) in [6, 6.07) is 10.3. The Morgan fingerprint density at radius 2 is 2.11 bits per heavy atom. The van der Waals surface area contributed by atoms with Crippen molar-refractivity contribution in [3.8, 4) is 0 Å². The number of hydrogen-bond acceptors (Lipinski definition) is 2. The Labute approximate surface area is 106 Å². The minimum atomic E-state index is 0.892. The normalized spacial score (nSPS) is 11.2. The predicted molar refractivity (Wildman–Crippen MR) is 71.6 cm³/mol. The van der Waals surface area contributed by atoms with E-state index in [2.05, 4.69) is 36.7 Å². The minimum Gasteiger partial charge on any atom is -0.469 e. The molecule has 0 aliphatic carbocycles. The smallest absolute Gasteiger partial charge is 0.110 e. The fraction of sp³-hybridized carbons (Fsp3) is 0.267. The van der Waals surface area contributed by atoms with E-state index in [1.807, 2.05) is 12.1 Å². The number of fused-ring (bicyclic) bond motifs is 1. The molecule has 0 unspecified atom stereocenters. The number of furan rings is 1. The van der Waals surface area contributed by atoms with Gasteiger partial charge in [0.1, 0.15) is 11.6 Å². The second-order valence-electron chi connectivity index (χ2n) is 4.66. The summed E-state index contributed by atoms with van der Waals surface area (Å²) in [5, 5.41) is 0. The molecule has 3 aromatic rings. The summed E-state index contributed by atoms with van der Waals surface area (Å²) < 4.78 is 7.52. The first-order valence-electron chi connectivity index (χ1n) is 6.18. The third-order valence-electron chi connectivity index (χ3n) is 3.30. The van der Waals surface area contributed by atoms with Gasteiger partial charge in [-0.1, -0.05) is 6.07 Å². The Kier molecular flexibility index (Phi) is 2.67. The molecule has 0 aliphatic rings. The highest BCUT2D eigenvalue weighted by Gasteiger charge is 2.08. The summed E-state index contributed by atoms with van der Waals surface area (Å²) >= 11 is 0. The molecule has 1 aromatic carbocycles. The molecule has 0 bridgehead atoms. The molecule has 0 atom stereocenters. The van der Waals surface area contributed by atoms with Gasteiger partial charge >= 0.3 is 0 Å². The zero-order chi connectivity index (χ0) is 12.5. The van der Waals surface area contributed by atoms with Crippen LogP contribution in [0.5, 0.6) is 0 Å². The van der Waals surface area contributed by atoms with E-state index in [4.69, 9.17) is 9.40 Å². The molecule has 0 aliphatic heterocycles. The Bertz CT molecular complexity index is 665. The van der Waals surface area contributed by atoms with Crippen LogP contribution in [0.25, 0.3) is 11.0 Å². The molecule has 0 spiro atoms. The molecule has 0 N–H and O–H groups in total. The van der Waals surface area contributed by atoms with E-state index in [9.17, 15) is 0 Å². The van der Waals surface area contributed by atoms with Gasteiger partial charge in [0.2, 0.25) is 0 Å². The number of benzene rings is 1. The SMILES string of the molecule is Cc1ccc2c(c1)nc(CCc1ccco1)n2C. The first kappa shape index (κ1) is 11.1. The van der Waals surface area contributed by atoms with Crippen LogP contribution in [-0.2, 0) is 19.9 Å². The molecule has 3 rings (SSSR count). The second-order valence-corrected chi connectivity index (χ2v) is 4.66. The first-order chi connectivity index (χ1) is 8.74. The molecule has 0 fully saturated rings. The van der Waals surface area contributed by atoms with E-state index in [1.165, 1.54) is 11.1 Å². The molecule has 2 aromatic heterocycles. The summed E-state index contributed by atoms with van der Waals surface area (Å²) in [5.74, 6) is 2.12. The van der Waals surface area contributed by atoms with Crippen molar-refractivity contribution in [1.29, 1.82) is 0 Å². The van der Waals surface area contributed by atoms with Gasteiger partial charge in [-0.05, 0) is 36.8 Å². The lowest BCUT2D eigenvalue weighted by molar-refractivity contribution is 0.505. The van der Waals surface area contributed by atoms with Gasteiger partial charge in [0.15, 0.2) is 0 Å². The van der Waals surface area contributed by atoms with Gasteiger partial charge < -0.3 is 8.98 Å². The lowest BCUT2D eigenvalue weighted by Crippen LogP contribution is -1.99. The lowest BCUT2D eigenvalue weighted by atomic mass is 10.2. The van der Waals surface area contributed by atoms with Crippen LogP contribution in [0.2, 0.25) is 0 Å². The van der Waals surface area contributed by atoms with Gasteiger partial charge in [-0.15, -0.1) is 0 Å². The van der Waals surface area contributed by atoms with Crippen LogP contribution in [0.1, 0.15) is 17.1 Å². The molecule has 3 heteroatoms. The van der Waals surface area contributed by atoms with Crippen LogP contribution in [0, 0.1) is 6.92 Å². The summed E-state index contributed by atoms with van der Waals surface area (Å²) in [4.78, 5) is 4.69. The largest absolute Gasteiger partial charge is 0.469 e. The van der Waals surface area contributed by atoms with E-state index < -0.39 is 0 Å². The monoisotopic (exact) mass is 240 g/mol. The molecule has 2 heterocycles. The molecule has 0 radical (unpaired) electrons. The number of aryl methyl sites for hydroxylation is 4. The maximum absolute atomic E-state index is 5.35. The van der Waals surface area contributed by atoms with Crippen molar-refractivity contribution in [1.82, 2.24) is 9.55 Å². The maximum Gasteiger partial charge on any atom is 0.110 e. The quantitative estimate of drug-likeness (QED) is 0.703. The fourth-order valence-corrected chi connectivity index (χ4v) is 2.27. The van der Waals surface area contributed by atoms with Crippen molar-refractivity contribution in [2.45, 2.75) is 19.8 Å². The minimum absolute atomic E-state index is 0.892. The van der Waals surface area contributed by atoms with E-state index in [-0.39, 0.29) is 0 Å². The fourth-order valence-electron chi connectivity index (χ4n) is 2.27.